The zero-order valence-electron chi connectivity index (χ0n) is 11.2. The van der Waals surface area contributed by atoms with Crippen molar-refractivity contribution >= 4 is 28.2 Å². The van der Waals surface area contributed by atoms with E-state index in [1.807, 2.05) is 34.2 Å². The normalized spacial score (nSPS) is 10.9. The maximum absolute atomic E-state index is 12.2. The van der Waals surface area contributed by atoms with Crippen molar-refractivity contribution in [1.82, 2.24) is 4.57 Å². The van der Waals surface area contributed by atoms with Crippen LogP contribution in [0.15, 0.2) is 52.8 Å². The van der Waals surface area contributed by atoms with Crippen molar-refractivity contribution in [1.29, 1.82) is 0 Å². The van der Waals surface area contributed by atoms with Gasteiger partial charge in [-0.1, -0.05) is 18.2 Å². The van der Waals surface area contributed by atoms with Crippen molar-refractivity contribution in [2.45, 2.75) is 13.0 Å². The maximum atomic E-state index is 12.2. The molecule has 21 heavy (non-hydrogen) atoms. The number of thiophene rings is 1. The average Bonchev–Trinajstić information content (AvgIpc) is 3.00. The van der Waals surface area contributed by atoms with Gasteiger partial charge in [0.1, 0.15) is 5.56 Å². The third-order valence-corrected chi connectivity index (χ3v) is 4.33. The minimum absolute atomic E-state index is 0.181. The summed E-state index contributed by atoms with van der Waals surface area (Å²) in [6.07, 6.45) is 2.25. The van der Waals surface area contributed by atoms with E-state index < -0.39 is 11.4 Å². The Morgan fingerprint density at radius 3 is 2.71 bits per heavy atom. The van der Waals surface area contributed by atoms with Gasteiger partial charge >= 0.3 is 5.97 Å². The highest BCUT2D eigenvalue weighted by Crippen LogP contribution is 2.15. The molecule has 0 saturated carbocycles. The van der Waals surface area contributed by atoms with E-state index in [1.165, 1.54) is 11.1 Å². The lowest BCUT2D eigenvalue weighted by molar-refractivity contribution is 0.0695. The van der Waals surface area contributed by atoms with Crippen molar-refractivity contribution in [3.05, 3.63) is 68.6 Å². The number of aromatic carboxylic acids is 1. The van der Waals surface area contributed by atoms with Crippen LogP contribution in [0.2, 0.25) is 0 Å². The zero-order valence-corrected chi connectivity index (χ0v) is 12.0. The monoisotopic (exact) mass is 299 g/mol. The van der Waals surface area contributed by atoms with Gasteiger partial charge in [0.2, 0.25) is 5.43 Å². The first kappa shape index (κ1) is 13.6. The molecule has 3 rings (SSSR count). The topological polar surface area (TPSA) is 59.3 Å². The molecule has 4 nitrogen and oxygen atoms in total. The second-order valence-corrected chi connectivity index (χ2v) is 5.75. The van der Waals surface area contributed by atoms with Gasteiger partial charge in [0.25, 0.3) is 0 Å². The van der Waals surface area contributed by atoms with E-state index >= 15 is 0 Å². The lowest BCUT2D eigenvalue weighted by Crippen LogP contribution is -2.19. The fourth-order valence-corrected chi connectivity index (χ4v) is 3.07. The second kappa shape index (κ2) is 5.54. The van der Waals surface area contributed by atoms with Crippen molar-refractivity contribution in [3.8, 4) is 0 Å². The SMILES string of the molecule is O=C(O)c1cn(CCc2cccs2)c2ccccc2c1=O. The molecule has 0 bridgehead atoms. The van der Waals surface area contributed by atoms with Crippen LogP contribution in [0.5, 0.6) is 0 Å². The van der Waals surface area contributed by atoms with Gasteiger partial charge < -0.3 is 9.67 Å². The van der Waals surface area contributed by atoms with Gasteiger partial charge in [0.05, 0.1) is 5.52 Å². The van der Waals surface area contributed by atoms with Gasteiger partial charge in [0, 0.05) is 23.0 Å². The van der Waals surface area contributed by atoms with Crippen LogP contribution in [0.4, 0.5) is 0 Å². The summed E-state index contributed by atoms with van der Waals surface area (Å²) in [5, 5.41) is 11.7. The van der Waals surface area contributed by atoms with Crippen molar-refractivity contribution in [3.63, 3.8) is 0 Å². The number of nitrogens with zero attached hydrogens (tertiary/aromatic N) is 1. The van der Waals surface area contributed by atoms with E-state index in [0.717, 1.165) is 11.9 Å². The quantitative estimate of drug-likeness (QED) is 0.805. The number of fused-ring (bicyclic) bond motifs is 1. The molecule has 1 aromatic carbocycles. The predicted molar refractivity (Wildman–Crippen MR) is 83.2 cm³/mol. The van der Waals surface area contributed by atoms with Crippen LogP contribution < -0.4 is 5.43 Å². The first-order chi connectivity index (χ1) is 10.2. The number of aryl methyl sites for hydroxylation is 2. The number of para-hydroxylation sites is 1. The number of carboxylic acids is 1. The minimum atomic E-state index is -1.18. The number of rotatable bonds is 4. The second-order valence-electron chi connectivity index (χ2n) is 4.72. The molecule has 0 aliphatic carbocycles. The summed E-state index contributed by atoms with van der Waals surface area (Å²) in [7, 11) is 0. The largest absolute Gasteiger partial charge is 0.477 e. The molecule has 0 spiro atoms. The highest BCUT2D eigenvalue weighted by atomic mass is 32.1. The van der Waals surface area contributed by atoms with Crippen LogP contribution in [-0.4, -0.2) is 15.6 Å². The molecule has 5 heteroatoms. The molecule has 2 aromatic heterocycles. The number of hydrogen-bond donors (Lipinski definition) is 1. The van der Waals surface area contributed by atoms with Gasteiger partial charge in [-0.15, -0.1) is 11.3 Å². The van der Waals surface area contributed by atoms with E-state index in [-0.39, 0.29) is 5.56 Å². The Kier molecular flexibility index (Phi) is 3.58. The van der Waals surface area contributed by atoms with E-state index in [4.69, 9.17) is 0 Å². The average molecular weight is 299 g/mol. The van der Waals surface area contributed by atoms with Gasteiger partial charge in [-0.2, -0.15) is 0 Å². The molecule has 106 valence electrons. The fraction of sp³-hybridized carbons (Fsp3) is 0.125. The van der Waals surface area contributed by atoms with Crippen LogP contribution in [0.25, 0.3) is 10.9 Å². The third-order valence-electron chi connectivity index (χ3n) is 3.40. The summed E-state index contributed by atoms with van der Waals surface area (Å²) in [4.78, 5) is 24.6. The molecular weight excluding hydrogens is 286 g/mol. The van der Waals surface area contributed by atoms with E-state index in [0.29, 0.717) is 11.9 Å². The molecule has 0 saturated heterocycles. The first-order valence-electron chi connectivity index (χ1n) is 6.54. The molecule has 0 fully saturated rings. The molecule has 0 radical (unpaired) electrons. The van der Waals surface area contributed by atoms with Crippen LogP contribution in [0.3, 0.4) is 0 Å². The molecule has 2 heterocycles. The lowest BCUT2D eigenvalue weighted by atomic mass is 10.1. The Balaban J connectivity index is 2.10. The lowest BCUT2D eigenvalue weighted by Gasteiger charge is -2.11. The Morgan fingerprint density at radius 2 is 2.00 bits per heavy atom. The van der Waals surface area contributed by atoms with Crippen LogP contribution in [-0.2, 0) is 13.0 Å². The molecule has 0 aliphatic rings. The van der Waals surface area contributed by atoms with Gasteiger partial charge in [-0.25, -0.2) is 4.79 Å². The van der Waals surface area contributed by atoms with E-state index in [2.05, 4.69) is 0 Å². The highest BCUT2D eigenvalue weighted by Gasteiger charge is 2.14. The fourth-order valence-electron chi connectivity index (χ4n) is 2.37. The molecule has 3 aromatic rings. The minimum Gasteiger partial charge on any atom is -0.477 e. The summed E-state index contributed by atoms with van der Waals surface area (Å²) in [6.45, 7) is 0.640. The number of carbonyl (C=O) groups is 1. The summed E-state index contributed by atoms with van der Waals surface area (Å²) in [5.74, 6) is -1.18. The Labute approximate surface area is 124 Å². The summed E-state index contributed by atoms with van der Waals surface area (Å²) >= 11 is 1.67. The van der Waals surface area contributed by atoms with Gasteiger partial charge in [0.15, 0.2) is 0 Å². The van der Waals surface area contributed by atoms with Crippen molar-refractivity contribution < 1.29 is 9.90 Å². The number of carboxylic acid groups (broad SMARTS) is 1. The van der Waals surface area contributed by atoms with E-state index in [1.54, 1.807) is 23.5 Å². The summed E-state index contributed by atoms with van der Waals surface area (Å²) < 4.78 is 1.85. The molecule has 0 aliphatic heterocycles. The van der Waals surface area contributed by atoms with Gasteiger partial charge in [-0.3, -0.25) is 4.79 Å². The summed E-state index contributed by atoms with van der Waals surface area (Å²) in [6, 6.07) is 11.2. The van der Waals surface area contributed by atoms with Crippen LogP contribution in [0, 0.1) is 0 Å². The smallest absolute Gasteiger partial charge is 0.341 e. The first-order valence-corrected chi connectivity index (χ1v) is 7.42. The van der Waals surface area contributed by atoms with E-state index in [9.17, 15) is 14.7 Å². The van der Waals surface area contributed by atoms with Gasteiger partial charge in [-0.05, 0) is 30.0 Å². The van der Waals surface area contributed by atoms with Crippen molar-refractivity contribution in [2.24, 2.45) is 0 Å². The number of hydrogen-bond acceptors (Lipinski definition) is 3. The number of benzene rings is 1. The third kappa shape index (κ3) is 2.60. The molecular formula is C16H13NO3S. The highest BCUT2D eigenvalue weighted by molar-refractivity contribution is 7.09. The Bertz CT molecular complexity index is 850. The maximum Gasteiger partial charge on any atom is 0.341 e. The number of aromatic nitrogens is 1. The molecule has 0 atom stereocenters. The zero-order chi connectivity index (χ0) is 14.8. The summed E-state index contributed by atoms with van der Waals surface area (Å²) in [5.41, 5.74) is 0.161. The van der Waals surface area contributed by atoms with Crippen molar-refractivity contribution in [2.75, 3.05) is 0 Å². The Hall–Kier alpha value is -2.40. The number of pyridine rings is 1. The van der Waals surface area contributed by atoms with Crippen LogP contribution >= 0.6 is 11.3 Å². The van der Waals surface area contributed by atoms with Crippen LogP contribution in [0.1, 0.15) is 15.2 Å². The molecule has 1 N–H and O–H groups in total. The Morgan fingerprint density at radius 1 is 1.19 bits per heavy atom. The molecule has 0 amide bonds. The standard InChI is InChI=1S/C16H13NO3S/c18-15-12-5-1-2-6-14(12)17(10-13(15)16(19)20)8-7-11-4-3-9-21-11/h1-6,9-10H,7-8H2,(H,19,20). The molecule has 0 unspecified atom stereocenters. The predicted octanol–water partition coefficient (Wildman–Crippen LogP) is 3.00.